The summed E-state index contributed by atoms with van der Waals surface area (Å²) in [5.41, 5.74) is 0.0280. The molecule has 4 rings (SSSR count). The number of benzene rings is 3. The smallest absolute Gasteiger partial charge is 0.331 e. The van der Waals surface area contributed by atoms with Crippen LogP contribution < -0.4 is 21.3 Å². The van der Waals surface area contributed by atoms with Crippen LogP contribution in [0.1, 0.15) is 6.92 Å². The number of rotatable bonds is 6. The summed E-state index contributed by atoms with van der Waals surface area (Å²) in [6, 6.07) is 23.1. The van der Waals surface area contributed by atoms with Crippen molar-refractivity contribution in [3.8, 4) is 11.5 Å². The van der Waals surface area contributed by atoms with Crippen LogP contribution in [-0.2, 0) is 17.9 Å². The first-order valence-electron chi connectivity index (χ1n) is 9.92. The summed E-state index contributed by atoms with van der Waals surface area (Å²) >= 11 is 0. The summed E-state index contributed by atoms with van der Waals surface area (Å²) in [7, 11) is 0. The number of carbonyl (C=O) groups excluding carboxylic acids is 1. The van der Waals surface area contributed by atoms with E-state index in [2.05, 4.69) is 5.32 Å². The second kappa shape index (κ2) is 8.71. The lowest BCUT2D eigenvalue weighted by Gasteiger charge is -2.15. The first-order valence-corrected chi connectivity index (χ1v) is 9.92. The molecule has 0 spiro atoms. The second-order valence-electron chi connectivity index (χ2n) is 6.89. The second-order valence-corrected chi connectivity index (χ2v) is 6.89. The third-order valence-corrected chi connectivity index (χ3v) is 4.88. The normalized spacial score (nSPS) is 10.7. The predicted octanol–water partition coefficient (Wildman–Crippen LogP) is 3.61. The first-order chi connectivity index (χ1) is 15.1. The Balaban J connectivity index is 1.65. The van der Waals surface area contributed by atoms with Crippen molar-refractivity contribution in [2.75, 3.05) is 5.32 Å². The molecule has 1 amide bonds. The van der Waals surface area contributed by atoms with Gasteiger partial charge in [-0.2, -0.15) is 0 Å². The summed E-state index contributed by atoms with van der Waals surface area (Å²) in [6.07, 6.45) is 0. The van der Waals surface area contributed by atoms with Crippen LogP contribution in [0.4, 0.5) is 5.69 Å². The van der Waals surface area contributed by atoms with Crippen molar-refractivity contribution in [3.63, 3.8) is 0 Å². The zero-order valence-electron chi connectivity index (χ0n) is 16.9. The standard InChI is InChI=1S/C24H21N3O4/c1-2-26-23(29)18-12-6-8-14-20(18)27(24(26)30)16-22(28)25-19-13-7-9-15-21(19)31-17-10-4-3-5-11-17/h3-15H,2,16H2,1H3,(H,25,28). The minimum absolute atomic E-state index is 0.220. The zero-order valence-corrected chi connectivity index (χ0v) is 16.9. The molecule has 1 aromatic heterocycles. The molecular formula is C24H21N3O4. The van der Waals surface area contributed by atoms with Crippen LogP contribution in [-0.4, -0.2) is 15.0 Å². The zero-order chi connectivity index (χ0) is 21.8. The highest BCUT2D eigenvalue weighted by atomic mass is 16.5. The number of fused-ring (bicyclic) bond motifs is 1. The van der Waals surface area contributed by atoms with Gasteiger partial charge in [-0.25, -0.2) is 4.79 Å². The van der Waals surface area contributed by atoms with E-state index in [-0.39, 0.29) is 18.6 Å². The van der Waals surface area contributed by atoms with E-state index in [0.717, 1.165) is 4.57 Å². The van der Waals surface area contributed by atoms with Gasteiger partial charge in [-0.1, -0.05) is 42.5 Å². The van der Waals surface area contributed by atoms with E-state index in [1.807, 2.05) is 36.4 Å². The van der Waals surface area contributed by atoms with E-state index in [9.17, 15) is 14.4 Å². The largest absolute Gasteiger partial charge is 0.455 e. The molecule has 7 heteroatoms. The molecule has 0 saturated heterocycles. The summed E-state index contributed by atoms with van der Waals surface area (Å²) < 4.78 is 8.32. The third kappa shape index (κ3) is 4.11. The molecule has 3 aromatic carbocycles. The molecule has 156 valence electrons. The highest BCUT2D eigenvalue weighted by Crippen LogP contribution is 2.29. The highest BCUT2D eigenvalue weighted by Gasteiger charge is 2.15. The fourth-order valence-electron chi connectivity index (χ4n) is 3.41. The maximum Gasteiger partial charge on any atom is 0.331 e. The van der Waals surface area contributed by atoms with Crippen LogP contribution in [0.25, 0.3) is 10.9 Å². The van der Waals surface area contributed by atoms with Gasteiger partial charge in [0, 0.05) is 6.54 Å². The van der Waals surface area contributed by atoms with Gasteiger partial charge in [-0.3, -0.25) is 18.7 Å². The van der Waals surface area contributed by atoms with Gasteiger partial charge < -0.3 is 10.1 Å². The molecule has 4 aromatic rings. The first kappa shape index (κ1) is 20.2. The number of nitrogens with one attached hydrogen (secondary N) is 1. The molecule has 0 bridgehead atoms. The minimum Gasteiger partial charge on any atom is -0.455 e. The SMILES string of the molecule is CCn1c(=O)c2ccccc2n(CC(=O)Nc2ccccc2Oc2ccccc2)c1=O. The van der Waals surface area contributed by atoms with E-state index in [0.29, 0.717) is 28.1 Å². The lowest BCUT2D eigenvalue weighted by atomic mass is 10.2. The van der Waals surface area contributed by atoms with Crippen molar-refractivity contribution in [3.05, 3.63) is 99.7 Å². The number of carbonyl (C=O) groups is 1. The van der Waals surface area contributed by atoms with Gasteiger partial charge in [-0.15, -0.1) is 0 Å². The van der Waals surface area contributed by atoms with Crippen molar-refractivity contribution in [1.82, 2.24) is 9.13 Å². The fraction of sp³-hybridized carbons (Fsp3) is 0.125. The number of ether oxygens (including phenoxy) is 1. The lowest BCUT2D eigenvalue weighted by Crippen LogP contribution is -2.41. The maximum absolute atomic E-state index is 12.9. The van der Waals surface area contributed by atoms with Crippen LogP contribution in [0.3, 0.4) is 0 Å². The van der Waals surface area contributed by atoms with Gasteiger partial charge in [0.05, 0.1) is 16.6 Å². The Hall–Kier alpha value is -4.13. The van der Waals surface area contributed by atoms with Crippen LogP contribution in [0.5, 0.6) is 11.5 Å². The number of nitrogens with zero attached hydrogens (tertiary/aromatic N) is 2. The molecule has 0 aliphatic rings. The molecule has 0 atom stereocenters. The fourth-order valence-corrected chi connectivity index (χ4v) is 3.41. The molecule has 0 fully saturated rings. The van der Waals surface area contributed by atoms with Crippen LogP contribution in [0, 0.1) is 0 Å². The van der Waals surface area contributed by atoms with E-state index in [1.165, 1.54) is 4.57 Å². The molecule has 7 nitrogen and oxygen atoms in total. The van der Waals surface area contributed by atoms with E-state index in [1.54, 1.807) is 49.4 Å². The number of para-hydroxylation sites is 4. The number of hydrogen-bond donors (Lipinski definition) is 1. The van der Waals surface area contributed by atoms with E-state index >= 15 is 0 Å². The van der Waals surface area contributed by atoms with Crippen molar-refractivity contribution in [2.24, 2.45) is 0 Å². The van der Waals surface area contributed by atoms with Crippen molar-refractivity contribution in [2.45, 2.75) is 20.0 Å². The van der Waals surface area contributed by atoms with Gasteiger partial charge >= 0.3 is 5.69 Å². The molecule has 1 heterocycles. The van der Waals surface area contributed by atoms with Crippen molar-refractivity contribution >= 4 is 22.5 Å². The van der Waals surface area contributed by atoms with E-state index in [4.69, 9.17) is 4.74 Å². The van der Waals surface area contributed by atoms with Crippen LogP contribution >= 0.6 is 0 Å². The number of anilines is 1. The molecule has 1 N–H and O–H groups in total. The van der Waals surface area contributed by atoms with Crippen LogP contribution in [0.2, 0.25) is 0 Å². The van der Waals surface area contributed by atoms with Crippen LogP contribution in [0.15, 0.2) is 88.5 Å². The number of amides is 1. The predicted molar refractivity (Wildman–Crippen MR) is 120 cm³/mol. The summed E-state index contributed by atoms with van der Waals surface area (Å²) in [4.78, 5) is 38.3. The third-order valence-electron chi connectivity index (χ3n) is 4.88. The Kier molecular flexibility index (Phi) is 5.66. The van der Waals surface area contributed by atoms with Gasteiger partial charge in [0.1, 0.15) is 12.3 Å². The number of aromatic nitrogens is 2. The summed E-state index contributed by atoms with van der Waals surface area (Å²) in [5, 5.41) is 3.21. The van der Waals surface area contributed by atoms with Crippen molar-refractivity contribution in [1.29, 1.82) is 0 Å². The average Bonchev–Trinajstić information content (AvgIpc) is 2.79. The Labute approximate surface area is 178 Å². The molecule has 0 saturated carbocycles. The summed E-state index contributed by atoms with van der Waals surface area (Å²) in [5.74, 6) is 0.719. The molecule has 0 unspecified atom stereocenters. The minimum atomic E-state index is -0.518. The Morgan fingerprint density at radius 3 is 2.32 bits per heavy atom. The van der Waals surface area contributed by atoms with Gasteiger partial charge in [-0.05, 0) is 43.3 Å². The molecule has 0 aliphatic carbocycles. The average molecular weight is 415 g/mol. The quantitative estimate of drug-likeness (QED) is 0.522. The Morgan fingerprint density at radius 2 is 1.55 bits per heavy atom. The highest BCUT2D eigenvalue weighted by molar-refractivity contribution is 5.93. The van der Waals surface area contributed by atoms with Gasteiger partial charge in [0.15, 0.2) is 5.75 Å². The molecular weight excluding hydrogens is 394 g/mol. The topological polar surface area (TPSA) is 82.3 Å². The molecule has 31 heavy (non-hydrogen) atoms. The summed E-state index contributed by atoms with van der Waals surface area (Å²) in [6.45, 7) is 1.70. The molecule has 0 radical (unpaired) electrons. The van der Waals surface area contributed by atoms with Crippen molar-refractivity contribution < 1.29 is 9.53 Å². The Morgan fingerprint density at radius 1 is 0.871 bits per heavy atom. The van der Waals surface area contributed by atoms with Gasteiger partial charge in [0.2, 0.25) is 5.91 Å². The molecule has 0 aliphatic heterocycles. The van der Waals surface area contributed by atoms with E-state index < -0.39 is 11.6 Å². The maximum atomic E-state index is 12.9. The monoisotopic (exact) mass is 415 g/mol. The van der Waals surface area contributed by atoms with Gasteiger partial charge in [0.25, 0.3) is 5.56 Å². The lowest BCUT2D eigenvalue weighted by molar-refractivity contribution is -0.116. The Bertz CT molecular complexity index is 1360. The number of hydrogen-bond acceptors (Lipinski definition) is 4.